The molecule has 4 heteroatoms. The van der Waals surface area contributed by atoms with E-state index in [0.717, 1.165) is 5.56 Å². The maximum absolute atomic E-state index is 13.4. The Morgan fingerprint density at radius 2 is 1.89 bits per heavy atom. The SMILES string of the molecule is COc1ccc(F)cc1C(Br)c1ccccc1Cl. The van der Waals surface area contributed by atoms with Gasteiger partial charge >= 0.3 is 0 Å². The largest absolute Gasteiger partial charge is 0.496 e. The minimum atomic E-state index is -0.303. The van der Waals surface area contributed by atoms with E-state index < -0.39 is 0 Å². The smallest absolute Gasteiger partial charge is 0.123 e. The summed E-state index contributed by atoms with van der Waals surface area (Å²) in [5.41, 5.74) is 1.59. The van der Waals surface area contributed by atoms with Gasteiger partial charge in [0.05, 0.1) is 11.9 Å². The Kier molecular flexibility index (Phi) is 4.25. The molecule has 1 atom stereocenters. The Labute approximate surface area is 119 Å². The monoisotopic (exact) mass is 328 g/mol. The molecule has 0 saturated carbocycles. The molecule has 0 aliphatic rings. The van der Waals surface area contributed by atoms with E-state index in [9.17, 15) is 4.39 Å². The van der Waals surface area contributed by atoms with Crippen LogP contribution in [0.25, 0.3) is 0 Å². The van der Waals surface area contributed by atoms with Gasteiger partial charge in [-0.25, -0.2) is 4.39 Å². The number of alkyl halides is 1. The lowest BCUT2D eigenvalue weighted by molar-refractivity contribution is 0.409. The van der Waals surface area contributed by atoms with Crippen LogP contribution in [0.15, 0.2) is 42.5 Å². The van der Waals surface area contributed by atoms with Crippen molar-refractivity contribution in [3.8, 4) is 5.75 Å². The van der Waals surface area contributed by atoms with Gasteiger partial charge in [-0.2, -0.15) is 0 Å². The molecule has 0 aliphatic carbocycles. The van der Waals surface area contributed by atoms with Crippen LogP contribution in [0.2, 0.25) is 5.02 Å². The zero-order chi connectivity index (χ0) is 13.1. The quantitative estimate of drug-likeness (QED) is 0.722. The molecule has 2 rings (SSSR count). The maximum atomic E-state index is 13.4. The Morgan fingerprint density at radius 1 is 1.17 bits per heavy atom. The maximum Gasteiger partial charge on any atom is 0.123 e. The molecule has 0 fully saturated rings. The van der Waals surface area contributed by atoms with Crippen LogP contribution >= 0.6 is 27.5 Å². The van der Waals surface area contributed by atoms with E-state index in [2.05, 4.69) is 15.9 Å². The van der Waals surface area contributed by atoms with Crippen LogP contribution in [0, 0.1) is 5.82 Å². The van der Waals surface area contributed by atoms with Crippen molar-refractivity contribution in [3.05, 3.63) is 64.4 Å². The lowest BCUT2D eigenvalue weighted by Crippen LogP contribution is -1.98. The summed E-state index contributed by atoms with van der Waals surface area (Å²) in [4.78, 5) is -0.211. The lowest BCUT2D eigenvalue weighted by atomic mass is 10.0. The van der Waals surface area contributed by atoms with Crippen LogP contribution in [-0.4, -0.2) is 7.11 Å². The van der Waals surface area contributed by atoms with Crippen LogP contribution in [0.5, 0.6) is 5.75 Å². The van der Waals surface area contributed by atoms with Crippen molar-refractivity contribution in [2.45, 2.75) is 4.83 Å². The molecule has 2 aromatic rings. The molecular weight excluding hydrogens is 319 g/mol. The molecule has 0 saturated heterocycles. The normalized spacial score (nSPS) is 12.2. The van der Waals surface area contributed by atoms with Crippen molar-refractivity contribution in [3.63, 3.8) is 0 Å². The number of ether oxygens (including phenoxy) is 1. The Morgan fingerprint density at radius 3 is 2.56 bits per heavy atom. The Hall–Kier alpha value is -1.06. The molecule has 94 valence electrons. The third-order valence-corrected chi connectivity index (χ3v) is 3.97. The number of rotatable bonds is 3. The van der Waals surface area contributed by atoms with Gasteiger partial charge in [0.25, 0.3) is 0 Å². The van der Waals surface area contributed by atoms with E-state index in [1.165, 1.54) is 12.1 Å². The first kappa shape index (κ1) is 13.4. The number of halogens is 3. The van der Waals surface area contributed by atoms with Crippen molar-refractivity contribution in [1.82, 2.24) is 0 Å². The molecule has 0 amide bonds. The molecule has 0 N–H and O–H groups in total. The Balaban J connectivity index is 2.48. The fourth-order valence-corrected chi connectivity index (χ4v) is 2.89. The van der Waals surface area contributed by atoms with Crippen LogP contribution < -0.4 is 4.74 Å². The van der Waals surface area contributed by atoms with E-state index in [-0.39, 0.29) is 10.6 Å². The fraction of sp³-hybridized carbons (Fsp3) is 0.143. The number of benzene rings is 2. The highest BCUT2D eigenvalue weighted by atomic mass is 79.9. The fourth-order valence-electron chi connectivity index (χ4n) is 1.75. The molecule has 0 bridgehead atoms. The predicted octanol–water partition coefficient (Wildman–Crippen LogP) is 4.97. The number of hydrogen-bond acceptors (Lipinski definition) is 1. The number of methoxy groups -OCH3 is 1. The first-order chi connectivity index (χ1) is 8.63. The van der Waals surface area contributed by atoms with Crippen molar-refractivity contribution in [1.29, 1.82) is 0 Å². The van der Waals surface area contributed by atoms with Gasteiger partial charge in [0.1, 0.15) is 11.6 Å². The van der Waals surface area contributed by atoms with Crippen LogP contribution in [0.4, 0.5) is 4.39 Å². The van der Waals surface area contributed by atoms with E-state index in [1.54, 1.807) is 19.2 Å². The molecule has 0 radical (unpaired) electrons. The first-order valence-electron chi connectivity index (χ1n) is 5.35. The van der Waals surface area contributed by atoms with Crippen molar-refractivity contribution in [2.24, 2.45) is 0 Å². The molecule has 1 nitrogen and oxygen atoms in total. The minimum Gasteiger partial charge on any atom is -0.496 e. The van der Waals surface area contributed by atoms with Gasteiger partial charge in [-0.3, -0.25) is 0 Å². The van der Waals surface area contributed by atoms with Crippen molar-refractivity contribution >= 4 is 27.5 Å². The second-order valence-electron chi connectivity index (χ2n) is 3.77. The van der Waals surface area contributed by atoms with Gasteiger partial charge in [-0.05, 0) is 29.8 Å². The summed E-state index contributed by atoms with van der Waals surface area (Å²) in [6.07, 6.45) is 0. The van der Waals surface area contributed by atoms with E-state index in [4.69, 9.17) is 16.3 Å². The Bertz CT molecular complexity index is 559. The summed E-state index contributed by atoms with van der Waals surface area (Å²) >= 11 is 9.68. The van der Waals surface area contributed by atoms with Crippen LogP contribution in [0.3, 0.4) is 0 Å². The highest BCUT2D eigenvalue weighted by molar-refractivity contribution is 9.09. The summed E-state index contributed by atoms with van der Waals surface area (Å²) < 4.78 is 18.6. The molecule has 0 aliphatic heterocycles. The summed E-state index contributed by atoms with van der Waals surface area (Å²) in [7, 11) is 1.56. The summed E-state index contributed by atoms with van der Waals surface area (Å²) in [5.74, 6) is 0.320. The molecular formula is C14H11BrClFO. The van der Waals surface area contributed by atoms with Gasteiger partial charge in [-0.1, -0.05) is 45.7 Å². The topological polar surface area (TPSA) is 9.23 Å². The highest BCUT2D eigenvalue weighted by Gasteiger charge is 2.18. The molecule has 2 aromatic carbocycles. The second-order valence-corrected chi connectivity index (χ2v) is 5.09. The van der Waals surface area contributed by atoms with Gasteiger partial charge < -0.3 is 4.74 Å². The molecule has 0 heterocycles. The summed E-state index contributed by atoms with van der Waals surface area (Å²) in [5, 5.41) is 0.630. The second kappa shape index (κ2) is 5.72. The van der Waals surface area contributed by atoms with E-state index in [1.807, 2.05) is 18.2 Å². The van der Waals surface area contributed by atoms with Crippen LogP contribution in [-0.2, 0) is 0 Å². The van der Waals surface area contributed by atoms with E-state index >= 15 is 0 Å². The van der Waals surface area contributed by atoms with Gasteiger partial charge in [0.2, 0.25) is 0 Å². The standard InChI is InChI=1S/C14H11BrClFO/c1-18-13-7-6-9(17)8-11(13)14(15)10-4-2-3-5-12(10)16/h2-8,14H,1H3. The average molecular weight is 330 g/mol. The third-order valence-electron chi connectivity index (χ3n) is 2.64. The highest BCUT2D eigenvalue weighted by Crippen LogP contribution is 2.39. The number of hydrogen-bond donors (Lipinski definition) is 0. The predicted molar refractivity (Wildman–Crippen MR) is 75.2 cm³/mol. The van der Waals surface area contributed by atoms with Gasteiger partial charge in [0, 0.05) is 10.6 Å². The van der Waals surface area contributed by atoms with Crippen molar-refractivity contribution in [2.75, 3.05) is 7.11 Å². The van der Waals surface area contributed by atoms with Gasteiger partial charge in [-0.15, -0.1) is 0 Å². The molecule has 1 unspecified atom stereocenters. The minimum absolute atomic E-state index is 0.211. The molecule has 18 heavy (non-hydrogen) atoms. The van der Waals surface area contributed by atoms with E-state index in [0.29, 0.717) is 16.3 Å². The third kappa shape index (κ3) is 2.68. The van der Waals surface area contributed by atoms with Crippen LogP contribution in [0.1, 0.15) is 16.0 Å². The molecule has 0 aromatic heterocycles. The first-order valence-corrected chi connectivity index (χ1v) is 6.64. The zero-order valence-electron chi connectivity index (χ0n) is 9.66. The van der Waals surface area contributed by atoms with Gasteiger partial charge in [0.15, 0.2) is 0 Å². The van der Waals surface area contributed by atoms with Crippen molar-refractivity contribution < 1.29 is 9.13 Å². The average Bonchev–Trinajstić information content (AvgIpc) is 2.38. The summed E-state index contributed by atoms with van der Waals surface area (Å²) in [6, 6.07) is 11.9. The zero-order valence-corrected chi connectivity index (χ0v) is 12.0. The molecule has 0 spiro atoms. The lowest BCUT2D eigenvalue weighted by Gasteiger charge is -2.15. The summed E-state index contributed by atoms with van der Waals surface area (Å²) in [6.45, 7) is 0.